The molecule has 0 bridgehead atoms. The summed E-state index contributed by atoms with van der Waals surface area (Å²) >= 11 is 0. The number of benzene rings is 1. The lowest BCUT2D eigenvalue weighted by Crippen LogP contribution is -2.40. The fraction of sp³-hybridized carbons (Fsp3) is 0.368. The molecule has 29 heavy (non-hydrogen) atoms. The molecular weight excluding hydrogens is 398 g/mol. The summed E-state index contributed by atoms with van der Waals surface area (Å²) in [6.45, 7) is 3.22. The van der Waals surface area contributed by atoms with Gasteiger partial charge in [-0.1, -0.05) is 6.07 Å². The lowest BCUT2D eigenvalue weighted by molar-refractivity contribution is -0.116. The number of nitrogens with one attached hydrogen (secondary N) is 2. The maximum atomic E-state index is 12.8. The molecule has 1 aromatic carbocycles. The first-order chi connectivity index (χ1) is 13.9. The van der Waals surface area contributed by atoms with Gasteiger partial charge < -0.3 is 19.8 Å². The van der Waals surface area contributed by atoms with Crippen LogP contribution < -0.4 is 10.6 Å². The molecule has 156 valence electrons. The van der Waals surface area contributed by atoms with Gasteiger partial charge in [-0.2, -0.15) is 4.31 Å². The Bertz CT molecular complexity index is 966. The number of furan rings is 1. The summed E-state index contributed by atoms with van der Waals surface area (Å²) in [7, 11) is -3.66. The third-order valence-electron chi connectivity index (χ3n) is 4.47. The molecule has 10 heteroatoms. The van der Waals surface area contributed by atoms with Crippen LogP contribution in [0.3, 0.4) is 0 Å². The number of hydrogen-bond donors (Lipinski definition) is 2. The van der Waals surface area contributed by atoms with Gasteiger partial charge in [-0.25, -0.2) is 8.42 Å². The van der Waals surface area contributed by atoms with Crippen LogP contribution in [0.2, 0.25) is 0 Å². The molecule has 2 heterocycles. The zero-order chi connectivity index (χ0) is 20.9. The number of anilines is 1. The Labute approximate surface area is 169 Å². The first-order valence-corrected chi connectivity index (χ1v) is 10.6. The maximum absolute atomic E-state index is 12.8. The summed E-state index contributed by atoms with van der Waals surface area (Å²) in [5.74, 6) is -0.575. The van der Waals surface area contributed by atoms with Gasteiger partial charge in [0.25, 0.3) is 5.91 Å². The molecule has 2 amide bonds. The number of hydrogen-bond acceptors (Lipinski definition) is 6. The maximum Gasteiger partial charge on any atom is 0.286 e. The highest BCUT2D eigenvalue weighted by atomic mass is 32.2. The summed E-state index contributed by atoms with van der Waals surface area (Å²) in [6.07, 6.45) is 1.43. The Morgan fingerprint density at radius 2 is 1.93 bits per heavy atom. The second-order valence-corrected chi connectivity index (χ2v) is 8.46. The molecule has 0 saturated carbocycles. The standard InChI is InChI=1S/C19H23N3O6S/c1-14-4-5-15(29(25,26)22-8-11-27-12-9-22)13-16(14)21-18(23)6-7-20-19(24)17-3-2-10-28-17/h2-5,10,13H,6-9,11-12H2,1H3,(H,20,24)(H,21,23). The first-order valence-electron chi connectivity index (χ1n) is 9.18. The molecule has 1 aromatic heterocycles. The van der Waals surface area contributed by atoms with Crippen molar-refractivity contribution in [1.29, 1.82) is 0 Å². The molecule has 3 rings (SSSR count). The van der Waals surface area contributed by atoms with Crippen LogP contribution in [0.25, 0.3) is 0 Å². The minimum absolute atomic E-state index is 0.0341. The van der Waals surface area contributed by atoms with Crippen LogP contribution in [0.4, 0.5) is 5.69 Å². The van der Waals surface area contributed by atoms with Crippen molar-refractivity contribution < 1.29 is 27.2 Å². The zero-order valence-electron chi connectivity index (χ0n) is 16.0. The van der Waals surface area contributed by atoms with Crippen LogP contribution >= 0.6 is 0 Å². The highest BCUT2D eigenvalue weighted by molar-refractivity contribution is 7.89. The van der Waals surface area contributed by atoms with Gasteiger partial charge in [0.05, 0.1) is 24.4 Å². The van der Waals surface area contributed by atoms with Gasteiger partial charge in [0.15, 0.2) is 5.76 Å². The van der Waals surface area contributed by atoms with E-state index in [9.17, 15) is 18.0 Å². The number of carbonyl (C=O) groups excluding carboxylic acids is 2. The van der Waals surface area contributed by atoms with Gasteiger partial charge in [-0.3, -0.25) is 9.59 Å². The molecule has 1 aliphatic rings. The molecule has 2 N–H and O–H groups in total. The lowest BCUT2D eigenvalue weighted by Gasteiger charge is -2.26. The average Bonchev–Trinajstić information content (AvgIpc) is 3.25. The van der Waals surface area contributed by atoms with E-state index in [-0.39, 0.29) is 29.5 Å². The van der Waals surface area contributed by atoms with Crippen molar-refractivity contribution in [3.05, 3.63) is 47.9 Å². The Hall–Kier alpha value is -2.69. The molecule has 9 nitrogen and oxygen atoms in total. The van der Waals surface area contributed by atoms with Gasteiger partial charge >= 0.3 is 0 Å². The molecule has 1 aliphatic heterocycles. The fourth-order valence-electron chi connectivity index (χ4n) is 2.83. The molecule has 0 aliphatic carbocycles. The summed E-state index contributed by atoms with van der Waals surface area (Å²) in [5, 5.41) is 5.30. The highest BCUT2D eigenvalue weighted by Crippen LogP contribution is 2.23. The second kappa shape index (κ2) is 9.21. The van der Waals surface area contributed by atoms with Crippen LogP contribution in [-0.4, -0.2) is 57.4 Å². The van der Waals surface area contributed by atoms with Crippen molar-refractivity contribution in [2.45, 2.75) is 18.2 Å². The van der Waals surface area contributed by atoms with E-state index in [4.69, 9.17) is 9.15 Å². The quantitative estimate of drug-likeness (QED) is 0.697. The number of aryl methyl sites for hydroxylation is 1. The van der Waals surface area contributed by atoms with E-state index < -0.39 is 15.9 Å². The minimum Gasteiger partial charge on any atom is -0.459 e. The van der Waals surface area contributed by atoms with Crippen molar-refractivity contribution >= 4 is 27.5 Å². The van der Waals surface area contributed by atoms with Crippen molar-refractivity contribution in [2.75, 3.05) is 38.2 Å². The van der Waals surface area contributed by atoms with E-state index in [1.807, 2.05) is 0 Å². The number of morpholine rings is 1. The normalized spacial score (nSPS) is 15.1. The Morgan fingerprint density at radius 1 is 1.17 bits per heavy atom. The fourth-order valence-corrected chi connectivity index (χ4v) is 4.26. The van der Waals surface area contributed by atoms with E-state index in [2.05, 4.69) is 10.6 Å². The number of nitrogens with zero attached hydrogens (tertiary/aromatic N) is 1. The van der Waals surface area contributed by atoms with Gasteiger partial charge in [-0.15, -0.1) is 0 Å². The molecule has 0 spiro atoms. The molecule has 0 radical (unpaired) electrons. The Balaban J connectivity index is 1.60. The summed E-state index contributed by atoms with van der Waals surface area (Å²) in [6, 6.07) is 7.77. The van der Waals surface area contributed by atoms with Gasteiger partial charge in [0.1, 0.15) is 0 Å². The third kappa shape index (κ3) is 5.22. The van der Waals surface area contributed by atoms with E-state index in [1.54, 1.807) is 19.1 Å². The number of carbonyl (C=O) groups is 2. The molecule has 2 aromatic rings. The van der Waals surface area contributed by atoms with Crippen molar-refractivity contribution in [1.82, 2.24) is 9.62 Å². The number of sulfonamides is 1. The molecular formula is C19H23N3O6S. The Morgan fingerprint density at radius 3 is 2.62 bits per heavy atom. The van der Waals surface area contributed by atoms with E-state index in [1.165, 1.54) is 28.8 Å². The van der Waals surface area contributed by atoms with E-state index in [0.717, 1.165) is 5.56 Å². The smallest absolute Gasteiger partial charge is 0.286 e. The highest BCUT2D eigenvalue weighted by Gasteiger charge is 2.26. The third-order valence-corrected chi connectivity index (χ3v) is 6.37. The molecule has 1 fully saturated rings. The number of ether oxygens (including phenoxy) is 1. The molecule has 0 atom stereocenters. The monoisotopic (exact) mass is 421 g/mol. The van der Waals surface area contributed by atoms with Crippen LogP contribution in [0.15, 0.2) is 45.9 Å². The van der Waals surface area contributed by atoms with Crippen molar-refractivity contribution in [2.24, 2.45) is 0 Å². The van der Waals surface area contributed by atoms with Gasteiger partial charge in [0, 0.05) is 31.7 Å². The topological polar surface area (TPSA) is 118 Å². The summed E-state index contributed by atoms with van der Waals surface area (Å²) in [5.41, 5.74) is 1.15. The SMILES string of the molecule is Cc1ccc(S(=O)(=O)N2CCOCC2)cc1NC(=O)CCNC(=O)c1ccco1. The summed E-state index contributed by atoms with van der Waals surface area (Å²) < 4.78 is 37.1. The summed E-state index contributed by atoms with van der Waals surface area (Å²) in [4.78, 5) is 24.1. The lowest BCUT2D eigenvalue weighted by atomic mass is 10.2. The number of amides is 2. The van der Waals surface area contributed by atoms with Crippen LogP contribution in [0, 0.1) is 6.92 Å². The first kappa shape index (κ1) is 21.0. The number of rotatable bonds is 7. The van der Waals surface area contributed by atoms with E-state index >= 15 is 0 Å². The Kier molecular flexibility index (Phi) is 6.68. The predicted molar refractivity (Wildman–Crippen MR) is 105 cm³/mol. The molecule has 0 unspecified atom stereocenters. The minimum atomic E-state index is -3.66. The molecule has 1 saturated heterocycles. The van der Waals surface area contributed by atoms with Gasteiger partial charge in [0.2, 0.25) is 15.9 Å². The predicted octanol–water partition coefficient (Wildman–Crippen LogP) is 1.37. The second-order valence-electron chi connectivity index (χ2n) is 6.52. The average molecular weight is 421 g/mol. The van der Waals surface area contributed by atoms with Gasteiger partial charge in [-0.05, 0) is 36.8 Å². The zero-order valence-corrected chi connectivity index (χ0v) is 16.8. The van der Waals surface area contributed by atoms with Crippen molar-refractivity contribution in [3.63, 3.8) is 0 Å². The van der Waals surface area contributed by atoms with E-state index in [0.29, 0.717) is 32.0 Å². The largest absolute Gasteiger partial charge is 0.459 e. The van der Waals surface area contributed by atoms with Crippen LogP contribution in [0.5, 0.6) is 0 Å². The van der Waals surface area contributed by atoms with Crippen molar-refractivity contribution in [3.8, 4) is 0 Å². The van der Waals surface area contributed by atoms with Crippen LogP contribution in [-0.2, 0) is 19.6 Å². The van der Waals surface area contributed by atoms with Crippen LogP contribution in [0.1, 0.15) is 22.5 Å².